The van der Waals surface area contributed by atoms with Gasteiger partial charge in [-0.2, -0.15) is 13.2 Å². The number of benzene rings is 1. The molecule has 2 N–H and O–H groups in total. The Kier molecular flexibility index (Phi) is 5.68. The Balaban J connectivity index is 1.98. The zero-order valence-corrected chi connectivity index (χ0v) is 12.8. The molecule has 0 saturated heterocycles. The maximum absolute atomic E-state index is 12.4. The SMILES string of the molecule is O=C(NCC(Cc1ccccc1)C(=O)O)c1cnc(C(F)(F)F)nc1. The number of aliphatic carboxylic acids is 1. The molecule has 0 aliphatic rings. The smallest absolute Gasteiger partial charge is 0.451 e. The van der Waals surface area contributed by atoms with Crippen LogP contribution >= 0.6 is 0 Å². The molecule has 0 spiro atoms. The van der Waals surface area contributed by atoms with Crippen molar-refractivity contribution in [1.29, 1.82) is 0 Å². The van der Waals surface area contributed by atoms with Crippen molar-refractivity contribution < 1.29 is 27.9 Å². The Morgan fingerprint density at radius 3 is 2.24 bits per heavy atom. The van der Waals surface area contributed by atoms with Crippen molar-refractivity contribution in [3.8, 4) is 0 Å². The molecular formula is C16H14F3N3O3. The normalized spacial score (nSPS) is 12.4. The van der Waals surface area contributed by atoms with Gasteiger partial charge in [0.2, 0.25) is 5.82 Å². The van der Waals surface area contributed by atoms with Crippen LogP contribution in [0.2, 0.25) is 0 Å². The van der Waals surface area contributed by atoms with Gasteiger partial charge in [0.15, 0.2) is 0 Å². The molecule has 1 heterocycles. The first-order chi connectivity index (χ1) is 11.8. The maximum atomic E-state index is 12.4. The zero-order valence-electron chi connectivity index (χ0n) is 12.8. The molecule has 2 aromatic rings. The molecule has 25 heavy (non-hydrogen) atoms. The number of carbonyl (C=O) groups is 2. The number of halogens is 3. The lowest BCUT2D eigenvalue weighted by Crippen LogP contribution is -2.34. The lowest BCUT2D eigenvalue weighted by molar-refractivity contribution is -0.145. The number of aromatic nitrogens is 2. The van der Waals surface area contributed by atoms with E-state index in [0.29, 0.717) is 0 Å². The highest BCUT2D eigenvalue weighted by molar-refractivity contribution is 5.93. The number of carboxylic acids is 1. The van der Waals surface area contributed by atoms with Gasteiger partial charge in [0.25, 0.3) is 5.91 Å². The van der Waals surface area contributed by atoms with E-state index in [1.165, 1.54) is 0 Å². The van der Waals surface area contributed by atoms with Gasteiger partial charge in [0, 0.05) is 18.9 Å². The molecule has 0 aliphatic carbocycles. The summed E-state index contributed by atoms with van der Waals surface area (Å²) >= 11 is 0. The average Bonchev–Trinajstić information content (AvgIpc) is 2.58. The second-order valence-electron chi connectivity index (χ2n) is 5.23. The molecule has 6 nitrogen and oxygen atoms in total. The van der Waals surface area contributed by atoms with Crippen LogP contribution in [0, 0.1) is 5.92 Å². The monoisotopic (exact) mass is 353 g/mol. The summed E-state index contributed by atoms with van der Waals surface area (Å²) in [6, 6.07) is 8.87. The summed E-state index contributed by atoms with van der Waals surface area (Å²) in [4.78, 5) is 29.4. The van der Waals surface area contributed by atoms with Crippen LogP contribution in [0.15, 0.2) is 42.7 Å². The quantitative estimate of drug-likeness (QED) is 0.830. The summed E-state index contributed by atoms with van der Waals surface area (Å²) in [5, 5.41) is 11.6. The molecule has 1 amide bonds. The number of carbonyl (C=O) groups excluding carboxylic acids is 1. The van der Waals surface area contributed by atoms with E-state index in [1.54, 1.807) is 30.3 Å². The first kappa shape index (κ1) is 18.4. The molecule has 2 rings (SSSR count). The Bertz CT molecular complexity index is 734. The van der Waals surface area contributed by atoms with Gasteiger partial charge in [-0.05, 0) is 12.0 Å². The molecule has 0 aliphatic heterocycles. The van der Waals surface area contributed by atoms with Crippen molar-refractivity contribution in [2.45, 2.75) is 12.6 Å². The molecule has 0 bridgehead atoms. The number of rotatable bonds is 6. The van der Waals surface area contributed by atoms with Gasteiger partial charge in [0.1, 0.15) is 0 Å². The standard InChI is InChI=1S/C16H14F3N3O3/c17-16(18,19)15-21-8-12(9-22-15)13(23)20-7-11(14(24)25)6-10-4-2-1-3-5-10/h1-5,8-9,11H,6-7H2,(H,20,23)(H,24,25). The first-order valence-corrected chi connectivity index (χ1v) is 7.21. The minimum atomic E-state index is -4.70. The van der Waals surface area contributed by atoms with E-state index in [4.69, 9.17) is 0 Å². The van der Waals surface area contributed by atoms with Crippen LogP contribution in [-0.2, 0) is 17.4 Å². The fourth-order valence-corrected chi connectivity index (χ4v) is 2.06. The molecule has 9 heteroatoms. The van der Waals surface area contributed by atoms with Crippen LogP contribution in [-0.4, -0.2) is 33.5 Å². The fraction of sp³-hybridized carbons (Fsp3) is 0.250. The molecule has 0 fully saturated rings. The number of amides is 1. The van der Waals surface area contributed by atoms with Crippen LogP contribution in [0.25, 0.3) is 0 Å². The van der Waals surface area contributed by atoms with Crippen LogP contribution < -0.4 is 5.32 Å². The predicted octanol–water partition coefficient (Wildman–Crippen LogP) is 2.17. The van der Waals surface area contributed by atoms with Gasteiger partial charge in [-0.15, -0.1) is 0 Å². The summed E-state index contributed by atoms with van der Waals surface area (Å²) in [5.74, 6) is -4.06. The third kappa shape index (κ3) is 5.27. The number of hydrogen-bond acceptors (Lipinski definition) is 4. The van der Waals surface area contributed by atoms with E-state index >= 15 is 0 Å². The van der Waals surface area contributed by atoms with Crippen LogP contribution in [0.4, 0.5) is 13.2 Å². The summed E-state index contributed by atoms with van der Waals surface area (Å²) < 4.78 is 37.1. The summed E-state index contributed by atoms with van der Waals surface area (Å²) in [5.41, 5.74) is 0.610. The van der Waals surface area contributed by atoms with E-state index < -0.39 is 29.8 Å². The predicted molar refractivity (Wildman–Crippen MR) is 80.6 cm³/mol. The van der Waals surface area contributed by atoms with Crippen molar-refractivity contribution in [3.63, 3.8) is 0 Å². The van der Waals surface area contributed by atoms with Crippen molar-refractivity contribution in [2.75, 3.05) is 6.54 Å². The molecule has 132 valence electrons. The Labute approximate surface area is 140 Å². The number of nitrogens with one attached hydrogen (secondary N) is 1. The number of carboxylic acid groups (broad SMARTS) is 1. The first-order valence-electron chi connectivity index (χ1n) is 7.21. The van der Waals surface area contributed by atoms with Crippen LogP contribution in [0.1, 0.15) is 21.7 Å². The largest absolute Gasteiger partial charge is 0.481 e. The number of nitrogens with zero attached hydrogens (tertiary/aromatic N) is 2. The molecule has 0 saturated carbocycles. The second-order valence-corrected chi connectivity index (χ2v) is 5.23. The van der Waals surface area contributed by atoms with E-state index in [-0.39, 0.29) is 18.5 Å². The Hall–Kier alpha value is -2.97. The molecular weight excluding hydrogens is 339 g/mol. The second kappa shape index (κ2) is 7.73. The minimum Gasteiger partial charge on any atom is -0.481 e. The molecule has 0 radical (unpaired) electrons. The summed E-state index contributed by atoms with van der Waals surface area (Å²) in [6.07, 6.45) is -2.99. The van der Waals surface area contributed by atoms with Gasteiger partial charge in [-0.3, -0.25) is 9.59 Å². The zero-order chi connectivity index (χ0) is 18.4. The Morgan fingerprint density at radius 2 is 1.72 bits per heavy atom. The maximum Gasteiger partial charge on any atom is 0.451 e. The van der Waals surface area contributed by atoms with E-state index in [0.717, 1.165) is 18.0 Å². The van der Waals surface area contributed by atoms with Crippen LogP contribution in [0.5, 0.6) is 0 Å². The topological polar surface area (TPSA) is 92.2 Å². The van der Waals surface area contributed by atoms with E-state index in [9.17, 15) is 27.9 Å². The van der Waals surface area contributed by atoms with Gasteiger partial charge >= 0.3 is 12.1 Å². The van der Waals surface area contributed by atoms with Crippen molar-refractivity contribution in [1.82, 2.24) is 15.3 Å². The molecule has 1 unspecified atom stereocenters. The van der Waals surface area contributed by atoms with Gasteiger partial charge in [-0.25, -0.2) is 9.97 Å². The molecule has 1 aromatic carbocycles. The average molecular weight is 353 g/mol. The van der Waals surface area contributed by atoms with Gasteiger partial charge in [0.05, 0.1) is 11.5 Å². The van der Waals surface area contributed by atoms with Crippen molar-refractivity contribution in [2.24, 2.45) is 5.92 Å². The number of alkyl halides is 3. The highest BCUT2D eigenvalue weighted by Gasteiger charge is 2.34. The third-order valence-corrected chi connectivity index (χ3v) is 3.35. The number of hydrogen-bond donors (Lipinski definition) is 2. The van der Waals surface area contributed by atoms with Crippen molar-refractivity contribution in [3.05, 3.63) is 59.7 Å². The fourth-order valence-electron chi connectivity index (χ4n) is 2.06. The third-order valence-electron chi connectivity index (χ3n) is 3.35. The lowest BCUT2D eigenvalue weighted by Gasteiger charge is -2.13. The van der Waals surface area contributed by atoms with Gasteiger partial charge in [-0.1, -0.05) is 30.3 Å². The van der Waals surface area contributed by atoms with Crippen LogP contribution in [0.3, 0.4) is 0 Å². The minimum absolute atomic E-state index is 0.177. The molecule has 1 atom stereocenters. The van der Waals surface area contributed by atoms with Crippen molar-refractivity contribution >= 4 is 11.9 Å². The Morgan fingerprint density at radius 1 is 1.12 bits per heavy atom. The highest BCUT2D eigenvalue weighted by atomic mass is 19.4. The summed E-state index contributed by atoms with van der Waals surface area (Å²) in [7, 11) is 0. The van der Waals surface area contributed by atoms with Gasteiger partial charge < -0.3 is 10.4 Å². The van der Waals surface area contributed by atoms with E-state index in [2.05, 4.69) is 15.3 Å². The highest BCUT2D eigenvalue weighted by Crippen LogP contribution is 2.25. The van der Waals surface area contributed by atoms with E-state index in [1.807, 2.05) is 0 Å². The molecule has 1 aromatic heterocycles. The lowest BCUT2D eigenvalue weighted by atomic mass is 9.99. The summed E-state index contributed by atoms with van der Waals surface area (Å²) in [6.45, 7) is -0.177.